The Hall–Kier alpha value is -6.02. The first-order valence-electron chi connectivity index (χ1n) is 13.3. The monoisotopic (exact) mass is 550 g/mol. The summed E-state index contributed by atoms with van der Waals surface area (Å²) in [7, 11) is 0. The Morgan fingerprint density at radius 3 is 1.14 bits per heavy atom. The van der Waals surface area contributed by atoms with Gasteiger partial charge < -0.3 is 9.97 Å². The third-order valence-electron chi connectivity index (χ3n) is 7.57. The summed E-state index contributed by atoms with van der Waals surface area (Å²) < 4.78 is 0. The van der Waals surface area contributed by atoms with Gasteiger partial charge in [-0.05, 0) is 58.7 Å². The summed E-state index contributed by atoms with van der Waals surface area (Å²) in [6.07, 6.45) is 0. The first kappa shape index (κ1) is 25.0. The highest BCUT2D eigenvalue weighted by molar-refractivity contribution is 6.13. The Morgan fingerprint density at radius 1 is 0.452 bits per heavy atom. The van der Waals surface area contributed by atoms with E-state index >= 15 is 0 Å². The molecule has 0 aliphatic rings. The summed E-state index contributed by atoms with van der Waals surface area (Å²) in [5, 5.41) is 24.5. The van der Waals surface area contributed by atoms with E-state index in [2.05, 4.69) is 22.1 Å². The molecule has 0 saturated carbocycles. The van der Waals surface area contributed by atoms with Gasteiger partial charge in [-0.2, -0.15) is 0 Å². The summed E-state index contributed by atoms with van der Waals surface area (Å²) in [6.45, 7) is 0. The van der Waals surface area contributed by atoms with E-state index < -0.39 is 9.85 Å². The molecule has 0 atom stereocenters. The molecule has 2 heterocycles. The van der Waals surface area contributed by atoms with E-state index in [-0.39, 0.29) is 11.4 Å². The molecule has 0 fully saturated rings. The zero-order valence-corrected chi connectivity index (χ0v) is 22.1. The standard InChI is InChI=1S/C34H22N4O4/c39-37(40)25-15-11-23(12-16-25)33-31(21-7-3-1-4-8-21)27-19-30-28(20-29(27)35-33)32(22-9-5-2-6-10-22)34(36-30)24-13-17-26(18-14-24)38(41)42/h1-20,35-36H. The van der Waals surface area contributed by atoms with Crippen molar-refractivity contribution in [2.24, 2.45) is 0 Å². The average Bonchev–Trinajstić information content (AvgIpc) is 3.59. The molecule has 0 unspecified atom stereocenters. The number of benzene rings is 5. The molecule has 8 heteroatoms. The average molecular weight is 551 g/mol. The van der Waals surface area contributed by atoms with Crippen molar-refractivity contribution < 1.29 is 9.85 Å². The molecule has 2 aromatic heterocycles. The number of nitrogens with one attached hydrogen (secondary N) is 2. The van der Waals surface area contributed by atoms with E-state index in [9.17, 15) is 20.2 Å². The fourth-order valence-corrected chi connectivity index (χ4v) is 5.63. The maximum atomic E-state index is 11.3. The largest absolute Gasteiger partial charge is 0.354 e. The minimum absolute atomic E-state index is 0.0377. The van der Waals surface area contributed by atoms with Crippen LogP contribution < -0.4 is 0 Å². The van der Waals surface area contributed by atoms with Crippen LogP contribution in [0.1, 0.15) is 0 Å². The van der Waals surface area contributed by atoms with E-state index in [0.29, 0.717) is 0 Å². The summed E-state index contributed by atoms with van der Waals surface area (Å²) >= 11 is 0. The molecule has 42 heavy (non-hydrogen) atoms. The second-order valence-electron chi connectivity index (χ2n) is 10.0. The highest BCUT2D eigenvalue weighted by Crippen LogP contribution is 2.44. The molecule has 0 aliphatic carbocycles. The first-order chi connectivity index (χ1) is 20.5. The molecule has 0 spiro atoms. The number of nitro benzene ring substituents is 2. The molecular formula is C34H22N4O4. The Morgan fingerprint density at radius 2 is 0.810 bits per heavy atom. The molecule has 5 aromatic carbocycles. The first-order valence-corrected chi connectivity index (χ1v) is 13.3. The number of hydrogen-bond donors (Lipinski definition) is 2. The maximum absolute atomic E-state index is 11.3. The number of hydrogen-bond acceptors (Lipinski definition) is 4. The molecular weight excluding hydrogens is 528 g/mol. The van der Waals surface area contributed by atoms with E-state index in [1.807, 2.05) is 60.7 Å². The lowest BCUT2D eigenvalue weighted by Gasteiger charge is -2.06. The van der Waals surface area contributed by atoms with Crippen molar-refractivity contribution in [1.29, 1.82) is 0 Å². The van der Waals surface area contributed by atoms with Crippen molar-refractivity contribution in [2.75, 3.05) is 0 Å². The topological polar surface area (TPSA) is 118 Å². The number of H-pyrrole nitrogens is 2. The highest BCUT2D eigenvalue weighted by atomic mass is 16.6. The third kappa shape index (κ3) is 4.18. The zero-order chi connectivity index (χ0) is 28.8. The van der Waals surface area contributed by atoms with Crippen LogP contribution in [-0.4, -0.2) is 19.8 Å². The number of nitro groups is 2. The summed E-state index contributed by atoms with van der Waals surface area (Å²) in [4.78, 5) is 29.0. The number of aromatic nitrogens is 2. The van der Waals surface area contributed by atoms with Gasteiger partial charge in [0.05, 0.1) is 21.2 Å². The Kier molecular flexibility index (Phi) is 5.87. The van der Waals surface area contributed by atoms with Gasteiger partial charge in [-0.15, -0.1) is 0 Å². The molecule has 2 N–H and O–H groups in total. The molecule has 202 valence electrons. The van der Waals surface area contributed by atoms with Crippen molar-refractivity contribution in [2.45, 2.75) is 0 Å². The predicted molar refractivity (Wildman–Crippen MR) is 165 cm³/mol. The second-order valence-corrected chi connectivity index (χ2v) is 10.0. The quantitative estimate of drug-likeness (QED) is 0.158. The Balaban J connectivity index is 1.50. The van der Waals surface area contributed by atoms with Crippen LogP contribution in [-0.2, 0) is 0 Å². The van der Waals surface area contributed by atoms with Crippen molar-refractivity contribution in [3.8, 4) is 44.8 Å². The van der Waals surface area contributed by atoms with Crippen LogP contribution in [0.3, 0.4) is 0 Å². The number of rotatable bonds is 6. The number of fused-ring (bicyclic) bond motifs is 2. The molecule has 0 amide bonds. The number of nitrogens with zero attached hydrogens (tertiary/aromatic N) is 2. The van der Waals surface area contributed by atoms with Gasteiger partial charge in [0.2, 0.25) is 0 Å². The fraction of sp³-hybridized carbons (Fsp3) is 0. The minimum atomic E-state index is -0.400. The molecule has 0 aliphatic heterocycles. The van der Waals surface area contributed by atoms with Crippen LogP contribution in [0.25, 0.3) is 66.6 Å². The fourth-order valence-electron chi connectivity index (χ4n) is 5.63. The molecule has 0 radical (unpaired) electrons. The van der Waals surface area contributed by atoms with Crippen molar-refractivity contribution in [1.82, 2.24) is 9.97 Å². The smallest absolute Gasteiger partial charge is 0.269 e. The molecule has 7 aromatic rings. The lowest BCUT2D eigenvalue weighted by Crippen LogP contribution is -1.88. The molecule has 8 nitrogen and oxygen atoms in total. The zero-order valence-electron chi connectivity index (χ0n) is 22.1. The van der Waals surface area contributed by atoms with Gasteiger partial charge in [-0.3, -0.25) is 20.2 Å². The number of aromatic amines is 2. The van der Waals surface area contributed by atoms with Gasteiger partial charge in [0.1, 0.15) is 0 Å². The van der Waals surface area contributed by atoms with Gasteiger partial charge >= 0.3 is 0 Å². The molecule has 0 bridgehead atoms. The van der Waals surface area contributed by atoms with Gasteiger partial charge in [-0.1, -0.05) is 60.7 Å². The van der Waals surface area contributed by atoms with E-state index in [0.717, 1.165) is 66.6 Å². The third-order valence-corrected chi connectivity index (χ3v) is 7.57. The van der Waals surface area contributed by atoms with E-state index in [1.54, 1.807) is 24.3 Å². The van der Waals surface area contributed by atoms with Crippen molar-refractivity contribution in [3.05, 3.63) is 142 Å². The van der Waals surface area contributed by atoms with E-state index in [1.165, 1.54) is 24.3 Å². The summed E-state index contributed by atoms with van der Waals surface area (Å²) in [5.41, 5.74) is 9.36. The van der Waals surface area contributed by atoms with Crippen LogP contribution in [0.15, 0.2) is 121 Å². The minimum Gasteiger partial charge on any atom is -0.354 e. The van der Waals surface area contributed by atoms with Crippen LogP contribution in [0.4, 0.5) is 11.4 Å². The predicted octanol–water partition coefficient (Wildman–Crippen LogP) is 9.13. The number of non-ortho nitro benzene ring substituents is 2. The second kappa shape index (κ2) is 9.87. The Labute approximate surface area is 239 Å². The van der Waals surface area contributed by atoms with Crippen molar-refractivity contribution in [3.63, 3.8) is 0 Å². The summed E-state index contributed by atoms with van der Waals surface area (Å²) in [6, 6.07) is 37.5. The maximum Gasteiger partial charge on any atom is 0.269 e. The molecule has 7 rings (SSSR count). The Bertz CT molecular complexity index is 1960. The lowest BCUT2D eigenvalue weighted by molar-refractivity contribution is -0.385. The normalized spacial score (nSPS) is 11.2. The molecule has 0 saturated heterocycles. The van der Waals surface area contributed by atoms with Gasteiger partial charge in [-0.25, -0.2) is 0 Å². The summed E-state index contributed by atoms with van der Waals surface area (Å²) in [5.74, 6) is 0. The van der Waals surface area contributed by atoms with Gasteiger partial charge in [0.25, 0.3) is 11.4 Å². The van der Waals surface area contributed by atoms with Gasteiger partial charge in [0.15, 0.2) is 0 Å². The van der Waals surface area contributed by atoms with Crippen LogP contribution >= 0.6 is 0 Å². The van der Waals surface area contributed by atoms with Crippen molar-refractivity contribution >= 4 is 33.2 Å². The van der Waals surface area contributed by atoms with Gasteiger partial charge in [0, 0.05) is 57.2 Å². The SMILES string of the molecule is O=[N+]([O-])c1ccc(-c2[nH]c3cc4c(-c5ccccc5)c(-c5ccc([N+](=O)[O-])cc5)[nH]c4cc3c2-c2ccccc2)cc1. The highest BCUT2D eigenvalue weighted by Gasteiger charge is 2.21. The van der Waals surface area contributed by atoms with Crippen LogP contribution in [0.5, 0.6) is 0 Å². The lowest BCUT2D eigenvalue weighted by atomic mass is 9.96. The van der Waals surface area contributed by atoms with Crippen LogP contribution in [0.2, 0.25) is 0 Å². The van der Waals surface area contributed by atoms with Crippen LogP contribution in [0, 0.1) is 20.2 Å². The van der Waals surface area contributed by atoms with E-state index in [4.69, 9.17) is 0 Å².